The van der Waals surface area contributed by atoms with Crippen LogP contribution in [0.4, 0.5) is 0 Å². The van der Waals surface area contributed by atoms with Gasteiger partial charge >= 0.3 is 5.97 Å². The van der Waals surface area contributed by atoms with Crippen molar-refractivity contribution in [2.75, 3.05) is 14.2 Å². The minimum atomic E-state index is -1.16. The quantitative estimate of drug-likeness (QED) is 0.816. The maximum absolute atomic E-state index is 11.2. The maximum atomic E-state index is 11.2. The van der Waals surface area contributed by atoms with E-state index in [1.807, 2.05) is 0 Å². The molecule has 0 saturated carbocycles. The Labute approximate surface area is 105 Å². The molecular weight excluding hydrogens is 238 g/mol. The number of amides is 1. The lowest BCUT2D eigenvalue weighted by molar-refractivity contribution is -0.141. The van der Waals surface area contributed by atoms with E-state index in [9.17, 15) is 9.59 Å². The van der Waals surface area contributed by atoms with E-state index in [1.54, 1.807) is 18.2 Å². The number of ether oxygens (including phenoxy) is 2. The van der Waals surface area contributed by atoms with E-state index in [-0.39, 0.29) is 0 Å². The number of hydrogen-bond acceptors (Lipinski definition) is 4. The van der Waals surface area contributed by atoms with Gasteiger partial charge in [0.2, 0.25) is 5.91 Å². The molecule has 18 heavy (non-hydrogen) atoms. The standard InChI is InChI=1S/C12H15NO5/c1-7(14)13-11(12(15)16)9-5-4-8(17-2)6-10(9)18-3/h4-6,11H,1-3H3,(H,13,14)(H,15,16). The summed E-state index contributed by atoms with van der Waals surface area (Å²) in [7, 11) is 2.92. The van der Waals surface area contributed by atoms with Gasteiger partial charge in [-0.05, 0) is 12.1 Å². The number of benzene rings is 1. The minimum Gasteiger partial charge on any atom is -0.497 e. The molecule has 98 valence electrons. The highest BCUT2D eigenvalue weighted by Gasteiger charge is 2.24. The maximum Gasteiger partial charge on any atom is 0.331 e. The van der Waals surface area contributed by atoms with Crippen molar-refractivity contribution < 1.29 is 24.2 Å². The topological polar surface area (TPSA) is 84.9 Å². The number of carbonyl (C=O) groups excluding carboxylic acids is 1. The molecule has 2 N–H and O–H groups in total. The molecule has 0 bridgehead atoms. The third-order valence-corrected chi connectivity index (χ3v) is 2.35. The average Bonchev–Trinajstić information content (AvgIpc) is 2.34. The molecule has 0 radical (unpaired) electrons. The van der Waals surface area contributed by atoms with Crippen molar-refractivity contribution in [1.82, 2.24) is 5.32 Å². The number of methoxy groups -OCH3 is 2. The van der Waals surface area contributed by atoms with E-state index < -0.39 is 17.9 Å². The lowest BCUT2D eigenvalue weighted by Gasteiger charge is -2.17. The minimum absolute atomic E-state index is 0.343. The van der Waals surface area contributed by atoms with Crippen molar-refractivity contribution in [3.05, 3.63) is 23.8 Å². The lowest BCUT2D eigenvalue weighted by Crippen LogP contribution is -2.32. The van der Waals surface area contributed by atoms with Crippen LogP contribution in [0, 0.1) is 0 Å². The summed E-state index contributed by atoms with van der Waals surface area (Å²) >= 11 is 0. The Bertz CT molecular complexity index is 458. The zero-order valence-electron chi connectivity index (χ0n) is 10.4. The van der Waals surface area contributed by atoms with Crippen LogP contribution in [0.1, 0.15) is 18.5 Å². The molecule has 1 atom stereocenters. The summed E-state index contributed by atoms with van der Waals surface area (Å²) < 4.78 is 10.1. The molecule has 6 nitrogen and oxygen atoms in total. The first kappa shape index (κ1) is 13.8. The highest BCUT2D eigenvalue weighted by Crippen LogP contribution is 2.29. The molecule has 1 aromatic carbocycles. The fourth-order valence-electron chi connectivity index (χ4n) is 1.53. The molecule has 0 heterocycles. The summed E-state index contributed by atoms with van der Waals surface area (Å²) in [6, 6.07) is 3.57. The molecule has 0 spiro atoms. The molecule has 1 rings (SSSR count). The monoisotopic (exact) mass is 253 g/mol. The van der Waals surface area contributed by atoms with Crippen LogP contribution < -0.4 is 14.8 Å². The second kappa shape index (κ2) is 5.90. The first-order valence-electron chi connectivity index (χ1n) is 5.21. The fraction of sp³-hybridized carbons (Fsp3) is 0.333. The van der Waals surface area contributed by atoms with Gasteiger partial charge in [0.1, 0.15) is 11.5 Å². The zero-order chi connectivity index (χ0) is 13.7. The van der Waals surface area contributed by atoms with Gasteiger partial charge in [0, 0.05) is 18.6 Å². The van der Waals surface area contributed by atoms with E-state index in [0.717, 1.165) is 0 Å². The molecular formula is C12H15NO5. The van der Waals surface area contributed by atoms with Gasteiger partial charge < -0.3 is 19.9 Å². The van der Waals surface area contributed by atoms with Gasteiger partial charge in [-0.15, -0.1) is 0 Å². The third-order valence-electron chi connectivity index (χ3n) is 2.35. The Hall–Kier alpha value is -2.24. The number of hydrogen-bond donors (Lipinski definition) is 2. The number of aliphatic carboxylic acids is 1. The second-order valence-electron chi connectivity index (χ2n) is 3.58. The van der Waals surface area contributed by atoms with Crippen LogP contribution in [-0.4, -0.2) is 31.2 Å². The van der Waals surface area contributed by atoms with E-state index in [2.05, 4.69) is 5.32 Å². The summed E-state index contributed by atoms with van der Waals surface area (Å²) in [6.45, 7) is 1.26. The molecule has 6 heteroatoms. The van der Waals surface area contributed by atoms with Gasteiger partial charge in [-0.3, -0.25) is 4.79 Å². The van der Waals surface area contributed by atoms with E-state index in [0.29, 0.717) is 17.1 Å². The first-order chi connectivity index (χ1) is 8.49. The van der Waals surface area contributed by atoms with Crippen LogP contribution in [0.3, 0.4) is 0 Å². The summed E-state index contributed by atoms with van der Waals surface area (Å²) in [6.07, 6.45) is 0. The van der Waals surface area contributed by atoms with Crippen molar-refractivity contribution in [1.29, 1.82) is 0 Å². The van der Waals surface area contributed by atoms with Gasteiger partial charge in [-0.25, -0.2) is 4.79 Å². The molecule has 0 aliphatic heterocycles. The Morgan fingerprint density at radius 1 is 1.28 bits per heavy atom. The van der Waals surface area contributed by atoms with E-state index >= 15 is 0 Å². The molecule has 0 saturated heterocycles. The van der Waals surface area contributed by atoms with Gasteiger partial charge in [-0.2, -0.15) is 0 Å². The number of carboxylic acids is 1. The zero-order valence-corrected chi connectivity index (χ0v) is 10.4. The summed E-state index contributed by atoms with van der Waals surface area (Å²) in [5.74, 6) is -0.702. The van der Waals surface area contributed by atoms with Crippen LogP contribution in [-0.2, 0) is 9.59 Å². The normalized spacial score (nSPS) is 11.5. The van der Waals surface area contributed by atoms with Crippen LogP contribution >= 0.6 is 0 Å². The molecule has 1 unspecified atom stereocenters. The SMILES string of the molecule is COc1ccc(C(NC(C)=O)C(=O)O)c(OC)c1. The van der Waals surface area contributed by atoms with Gasteiger partial charge in [0.05, 0.1) is 14.2 Å². The molecule has 1 aromatic rings. The van der Waals surface area contributed by atoms with E-state index in [1.165, 1.54) is 21.1 Å². The molecule has 0 aliphatic carbocycles. The van der Waals surface area contributed by atoms with E-state index in [4.69, 9.17) is 14.6 Å². The molecule has 1 amide bonds. The van der Waals surface area contributed by atoms with Crippen molar-refractivity contribution in [2.24, 2.45) is 0 Å². The summed E-state index contributed by atoms with van der Waals surface area (Å²) in [4.78, 5) is 22.2. The van der Waals surface area contributed by atoms with Crippen molar-refractivity contribution in [2.45, 2.75) is 13.0 Å². The fourth-order valence-corrected chi connectivity index (χ4v) is 1.53. The van der Waals surface area contributed by atoms with Crippen molar-refractivity contribution >= 4 is 11.9 Å². The Kier molecular flexibility index (Phi) is 4.53. The van der Waals surface area contributed by atoms with Gasteiger partial charge in [0.15, 0.2) is 6.04 Å². The molecule has 0 aromatic heterocycles. The Morgan fingerprint density at radius 3 is 2.39 bits per heavy atom. The third kappa shape index (κ3) is 3.13. The highest BCUT2D eigenvalue weighted by atomic mass is 16.5. The van der Waals surface area contributed by atoms with Crippen LogP contribution in [0.5, 0.6) is 11.5 Å². The summed E-state index contributed by atoms with van der Waals surface area (Å²) in [5, 5.41) is 11.5. The van der Waals surface area contributed by atoms with Gasteiger partial charge in [0.25, 0.3) is 0 Å². The van der Waals surface area contributed by atoms with Crippen LogP contribution in [0.25, 0.3) is 0 Å². The highest BCUT2D eigenvalue weighted by molar-refractivity contribution is 5.84. The largest absolute Gasteiger partial charge is 0.497 e. The lowest BCUT2D eigenvalue weighted by atomic mass is 10.1. The second-order valence-corrected chi connectivity index (χ2v) is 3.58. The van der Waals surface area contributed by atoms with Crippen LogP contribution in [0.2, 0.25) is 0 Å². The van der Waals surface area contributed by atoms with Crippen molar-refractivity contribution in [3.8, 4) is 11.5 Å². The Morgan fingerprint density at radius 2 is 1.94 bits per heavy atom. The predicted octanol–water partition coefficient (Wildman–Crippen LogP) is 0.966. The molecule has 0 fully saturated rings. The van der Waals surface area contributed by atoms with Crippen molar-refractivity contribution in [3.63, 3.8) is 0 Å². The first-order valence-corrected chi connectivity index (χ1v) is 5.21. The smallest absolute Gasteiger partial charge is 0.331 e. The summed E-state index contributed by atoms with van der Waals surface area (Å²) in [5.41, 5.74) is 0.362. The average molecular weight is 253 g/mol. The number of nitrogens with one attached hydrogen (secondary N) is 1. The number of carbonyl (C=O) groups is 2. The molecule has 0 aliphatic rings. The number of rotatable bonds is 5. The Balaban J connectivity index is 3.18. The predicted molar refractivity (Wildman–Crippen MR) is 63.7 cm³/mol. The van der Waals surface area contributed by atoms with Gasteiger partial charge in [-0.1, -0.05) is 0 Å². The number of carboxylic acid groups (broad SMARTS) is 1. The van der Waals surface area contributed by atoms with Crippen LogP contribution in [0.15, 0.2) is 18.2 Å².